The summed E-state index contributed by atoms with van der Waals surface area (Å²) < 4.78 is 70.6. The summed E-state index contributed by atoms with van der Waals surface area (Å²) in [7, 11) is 8.20. The maximum atomic E-state index is 14.7. The molecule has 0 aromatic rings. The van der Waals surface area contributed by atoms with Crippen LogP contribution in [0.1, 0.15) is 170 Å². The first-order valence-electron chi connectivity index (χ1n) is 35.1. The Kier molecular flexibility index (Phi) is 30.4. The first-order chi connectivity index (χ1) is 45.1. The lowest BCUT2D eigenvalue weighted by molar-refractivity contribution is -0.319. The summed E-state index contributed by atoms with van der Waals surface area (Å²) in [5.74, 6) is -8.73. The molecule has 27 nitrogen and oxygen atoms in total. The van der Waals surface area contributed by atoms with Crippen molar-refractivity contribution < 1.29 is 113 Å². The molecule has 32 atom stereocenters. The maximum Gasteiger partial charge on any atom is 0.311 e. The molecular weight excluding hydrogens is 1260 g/mol. The summed E-state index contributed by atoms with van der Waals surface area (Å²) in [4.78, 5) is 32.5. The number of hydrogen-bond donors (Lipinski definition) is 10. The van der Waals surface area contributed by atoms with E-state index in [1.165, 1.54) is 42.1 Å². The molecule has 0 aliphatic carbocycles. The first-order valence-corrected chi connectivity index (χ1v) is 35.1. The van der Waals surface area contributed by atoms with Crippen LogP contribution in [0.5, 0.6) is 0 Å². The van der Waals surface area contributed by atoms with E-state index in [4.69, 9.17) is 52.1 Å². The number of cyclic esters (lactones) is 2. The van der Waals surface area contributed by atoms with Crippen molar-refractivity contribution in [2.75, 3.05) is 48.5 Å². The molecule has 0 saturated carbocycles. The van der Waals surface area contributed by atoms with Gasteiger partial charge in [-0.05, 0) is 122 Å². The lowest BCUT2D eigenvalue weighted by atomic mass is 9.73. The summed E-state index contributed by atoms with van der Waals surface area (Å²) in [5.41, 5.74) is -7.53. The van der Waals surface area contributed by atoms with Gasteiger partial charge in [-0.25, -0.2) is 0 Å². The Labute approximate surface area is 576 Å². The Balaban J connectivity index is 1.42. The number of carbonyl (C=O) groups is 2. The van der Waals surface area contributed by atoms with E-state index in [9.17, 15) is 60.9 Å². The summed E-state index contributed by atoms with van der Waals surface area (Å²) in [6.45, 7) is 31.1. The van der Waals surface area contributed by atoms with E-state index < -0.39 is 204 Å². The van der Waals surface area contributed by atoms with Crippen LogP contribution < -0.4 is 0 Å². The fourth-order valence-electron chi connectivity index (χ4n) is 16.2. The van der Waals surface area contributed by atoms with Crippen LogP contribution in [0.25, 0.3) is 0 Å². The highest BCUT2D eigenvalue weighted by molar-refractivity contribution is 5.89. The predicted molar refractivity (Wildman–Crippen MR) is 358 cm³/mol. The second kappa shape index (κ2) is 34.9. The topological polar surface area (TPSA) is 369 Å². The molecule has 5 aliphatic rings. The predicted octanol–water partition coefficient (Wildman–Crippen LogP) is 4.79. The lowest BCUT2D eigenvalue weighted by Gasteiger charge is -2.50. The number of esters is 2. The molecule has 10 N–H and O–H groups in total. The standard InChI is InChI=1S/C70H126N4O23/c1-24-48-69(17,83)57(78)39(7)51(71-85)35(3)32-67(15,88-22)60(41(9)53(75)42(10)62(81)93-48)96-64-54(76)46(30-37(5)90-64)73(19)28-26-27-29-74(20)47-31-38(6)91-65(55(47)77)97-61-43(11)56(95-50-34-66(14,87-21)59(80)45(13)92-50)44(12)63(82)94-49(25-2)70(18,84)58(79)40(8)52(72-86)36(4)33-68(61,16)89-23/h26-27,35-50,53-61,64-65,75-80,83-86H,24-25,28-34H2,1-23H3/b27-26+,71-51+,72-52+/t35-,36-,37?,38?,39+,40+,41+,42-,43+,44-,45?,46?,47?,48-,49-,50?,53+,54?,55?,56+,57-,58-,59?,60-,61-,64?,65?,66?,67+,68+,69-,70-/m1/s1. The molecule has 0 aromatic carbocycles. The summed E-state index contributed by atoms with van der Waals surface area (Å²) in [5, 5.41) is 124. The lowest BCUT2D eigenvalue weighted by Crippen LogP contribution is -2.61. The van der Waals surface area contributed by atoms with Gasteiger partial charge in [0, 0.05) is 88.4 Å². The average molecular weight is 1390 g/mol. The molecule has 5 rings (SSSR count). The quantitative estimate of drug-likeness (QED) is 0.0405. The van der Waals surface area contributed by atoms with E-state index in [2.05, 4.69) is 10.3 Å². The van der Waals surface area contributed by atoms with Crippen molar-refractivity contribution in [1.82, 2.24) is 9.80 Å². The van der Waals surface area contributed by atoms with Gasteiger partial charge in [0.05, 0.1) is 95.0 Å². The molecule has 12 unspecified atom stereocenters. The SMILES string of the molecule is CC[C@H]1OC(=O)[C@H](C)[C@@H](O)[C@H](C)[C@@H](OC2OC(C)CC(N(C)C/C=C/CN(C)C3CC(C)OC(O[C@@H]4[C@@H](C)[C@H](OC5CC(C)(OC)C(O)C(C)O5)[C@@H](C)C(=O)O[C@H](CC)[C@@](C)(O)[C@H](O)[C@@H](C)/C(=N/O)[C@H](C)C[C@]4(C)OC)C3O)C2O)[C@@](C)(OC)C[C@@H](C)/C(=N\O)[C@H](C)[C@@H](O)[C@]1(C)O. The van der Waals surface area contributed by atoms with Gasteiger partial charge >= 0.3 is 11.9 Å². The average Bonchev–Trinajstić information content (AvgIpc) is 0.776. The number of rotatable bonds is 17. The molecule has 0 spiro atoms. The van der Waals surface area contributed by atoms with Gasteiger partial charge in [0.15, 0.2) is 18.9 Å². The third kappa shape index (κ3) is 18.8. The van der Waals surface area contributed by atoms with Crippen molar-refractivity contribution in [3.05, 3.63) is 12.2 Å². The molecule has 0 radical (unpaired) electrons. The van der Waals surface area contributed by atoms with Crippen LogP contribution in [0.3, 0.4) is 0 Å². The number of oxime groups is 2. The molecule has 0 aromatic heterocycles. The first kappa shape index (κ1) is 84.5. The van der Waals surface area contributed by atoms with Crippen molar-refractivity contribution in [1.29, 1.82) is 0 Å². The number of hydrogen-bond acceptors (Lipinski definition) is 27. The monoisotopic (exact) mass is 1390 g/mol. The third-order valence-electron chi connectivity index (χ3n) is 22.9. The van der Waals surface area contributed by atoms with Crippen molar-refractivity contribution in [3.63, 3.8) is 0 Å². The van der Waals surface area contributed by atoms with Gasteiger partial charge in [-0.3, -0.25) is 19.4 Å². The highest BCUT2D eigenvalue weighted by atomic mass is 16.7. The van der Waals surface area contributed by atoms with Crippen molar-refractivity contribution in [2.24, 2.45) is 57.7 Å². The summed E-state index contributed by atoms with van der Waals surface area (Å²) in [6.07, 6.45) is -13.9. The van der Waals surface area contributed by atoms with Crippen molar-refractivity contribution in [2.45, 2.75) is 314 Å². The molecule has 27 heteroatoms. The second-order valence-corrected chi connectivity index (χ2v) is 30.4. The Hall–Kier alpha value is -3.14. The molecule has 564 valence electrons. The van der Waals surface area contributed by atoms with Crippen molar-refractivity contribution >= 4 is 23.4 Å². The Morgan fingerprint density at radius 3 is 1.27 bits per heavy atom. The van der Waals surface area contributed by atoms with Crippen LogP contribution in [-0.2, 0) is 61.7 Å². The molecule has 97 heavy (non-hydrogen) atoms. The van der Waals surface area contributed by atoms with E-state index in [-0.39, 0.29) is 43.5 Å². The van der Waals surface area contributed by atoms with E-state index in [1.54, 1.807) is 83.1 Å². The number of likely N-dealkylation sites (N-methyl/N-ethyl adjacent to an activating group) is 2. The molecule has 0 amide bonds. The van der Waals surface area contributed by atoms with Gasteiger partial charge in [0.1, 0.15) is 41.7 Å². The highest BCUT2D eigenvalue weighted by Gasteiger charge is 2.56. The Morgan fingerprint density at radius 1 is 0.515 bits per heavy atom. The van der Waals surface area contributed by atoms with Crippen LogP contribution in [0.4, 0.5) is 0 Å². The van der Waals surface area contributed by atoms with E-state index in [1.807, 2.05) is 56.8 Å². The largest absolute Gasteiger partial charge is 0.459 e. The van der Waals surface area contributed by atoms with E-state index >= 15 is 0 Å². The molecule has 5 heterocycles. The Morgan fingerprint density at radius 2 is 0.897 bits per heavy atom. The van der Waals surface area contributed by atoms with Gasteiger partial charge in [0.2, 0.25) is 0 Å². The Bertz CT molecular complexity index is 2590. The van der Waals surface area contributed by atoms with Crippen LogP contribution in [-0.4, -0.2) is 277 Å². The number of ether oxygens (including phenoxy) is 11. The molecule has 0 bridgehead atoms. The second-order valence-electron chi connectivity index (χ2n) is 30.4. The highest BCUT2D eigenvalue weighted by Crippen LogP contribution is 2.44. The molecule has 5 saturated heterocycles. The van der Waals surface area contributed by atoms with Crippen LogP contribution >= 0.6 is 0 Å². The van der Waals surface area contributed by atoms with E-state index in [0.29, 0.717) is 25.9 Å². The number of aliphatic hydroxyl groups is 8. The normalized spacial score (nSPS) is 48.0. The van der Waals surface area contributed by atoms with Crippen molar-refractivity contribution in [3.8, 4) is 0 Å². The minimum atomic E-state index is -2.02. The zero-order chi connectivity index (χ0) is 73.5. The minimum absolute atomic E-state index is 0.0550. The number of nitrogens with zero attached hydrogens (tertiary/aromatic N) is 4. The molecular formula is C70H126N4O23. The van der Waals surface area contributed by atoms with Gasteiger partial charge in [-0.15, -0.1) is 0 Å². The zero-order valence-electron chi connectivity index (χ0n) is 62.2. The number of carbonyl (C=O) groups excluding carboxylic acids is 2. The number of aliphatic hydroxyl groups excluding tert-OH is 6. The summed E-state index contributed by atoms with van der Waals surface area (Å²) >= 11 is 0. The minimum Gasteiger partial charge on any atom is -0.459 e. The molecule has 5 fully saturated rings. The van der Waals surface area contributed by atoms with E-state index in [0.717, 1.165) is 0 Å². The summed E-state index contributed by atoms with van der Waals surface area (Å²) in [6, 6.07) is -1.06. The fraction of sp³-hybridized carbons (Fsp3) is 0.914. The van der Waals surface area contributed by atoms with Crippen LogP contribution in [0.15, 0.2) is 22.5 Å². The number of methoxy groups -OCH3 is 3. The zero-order valence-corrected chi connectivity index (χ0v) is 62.2. The fourth-order valence-corrected chi connectivity index (χ4v) is 16.2. The van der Waals surface area contributed by atoms with Gasteiger partial charge in [-0.1, -0.05) is 77.9 Å². The maximum absolute atomic E-state index is 14.7. The van der Waals surface area contributed by atoms with Gasteiger partial charge in [0.25, 0.3) is 0 Å². The van der Waals surface area contributed by atoms with Crippen LogP contribution in [0, 0.1) is 47.3 Å². The van der Waals surface area contributed by atoms with Crippen LogP contribution in [0.2, 0.25) is 0 Å². The third-order valence-corrected chi connectivity index (χ3v) is 22.9. The van der Waals surface area contributed by atoms with Gasteiger partial charge < -0.3 is 103 Å². The van der Waals surface area contributed by atoms with Gasteiger partial charge in [-0.2, -0.15) is 0 Å². The molecule has 5 aliphatic heterocycles. The smallest absolute Gasteiger partial charge is 0.311 e.